The summed E-state index contributed by atoms with van der Waals surface area (Å²) in [5.41, 5.74) is 11.9. The van der Waals surface area contributed by atoms with E-state index in [2.05, 4.69) is 35.2 Å². The maximum atomic E-state index is 10.4. The lowest BCUT2D eigenvalue weighted by Crippen LogP contribution is -2.44. The molecule has 0 unspecified atom stereocenters. The van der Waals surface area contributed by atoms with Gasteiger partial charge in [0.05, 0.1) is 17.0 Å². The Balaban J connectivity index is 1.52. The number of aliphatic hydroxyl groups is 1. The lowest BCUT2D eigenvalue weighted by molar-refractivity contribution is -0.0197. The van der Waals surface area contributed by atoms with Crippen LogP contribution in [0.1, 0.15) is 32.3 Å². The van der Waals surface area contributed by atoms with Gasteiger partial charge in [0.25, 0.3) is 0 Å². The second-order valence-electron chi connectivity index (χ2n) is 9.05. The van der Waals surface area contributed by atoms with E-state index in [-0.39, 0.29) is 0 Å². The van der Waals surface area contributed by atoms with Gasteiger partial charge in [-0.2, -0.15) is 5.10 Å². The number of rotatable bonds is 5. The molecule has 1 aromatic heterocycles. The van der Waals surface area contributed by atoms with Crippen molar-refractivity contribution >= 4 is 5.69 Å². The van der Waals surface area contributed by atoms with Gasteiger partial charge >= 0.3 is 0 Å². The van der Waals surface area contributed by atoms with E-state index < -0.39 is 5.60 Å². The largest absolute Gasteiger partial charge is 0.398 e. The maximum absolute atomic E-state index is 10.4. The minimum atomic E-state index is -0.635. The Morgan fingerprint density at radius 1 is 1.10 bits per heavy atom. The quantitative estimate of drug-likeness (QED) is 0.622. The number of hydrogen-bond acceptors (Lipinski definition) is 4. The van der Waals surface area contributed by atoms with E-state index in [0.29, 0.717) is 5.92 Å². The molecule has 0 bridgehead atoms. The van der Waals surface area contributed by atoms with E-state index >= 15 is 0 Å². The van der Waals surface area contributed by atoms with E-state index in [1.54, 1.807) is 0 Å². The van der Waals surface area contributed by atoms with Crippen LogP contribution in [0.3, 0.4) is 0 Å². The highest BCUT2D eigenvalue weighted by atomic mass is 16.3. The first kappa shape index (κ1) is 20.6. The number of hydrogen-bond donors (Lipinski definition) is 2. The van der Waals surface area contributed by atoms with Crippen LogP contribution in [0.4, 0.5) is 5.69 Å². The highest BCUT2D eigenvalue weighted by Gasteiger charge is 2.31. The third-order valence-electron chi connectivity index (χ3n) is 6.29. The lowest BCUT2D eigenvalue weighted by Gasteiger charge is -2.38. The first-order chi connectivity index (χ1) is 14.3. The van der Waals surface area contributed by atoms with E-state index in [4.69, 9.17) is 10.8 Å². The van der Waals surface area contributed by atoms with Gasteiger partial charge < -0.3 is 10.8 Å². The zero-order chi connectivity index (χ0) is 21.3. The van der Waals surface area contributed by atoms with Gasteiger partial charge in [-0.05, 0) is 62.4 Å². The van der Waals surface area contributed by atoms with Crippen LogP contribution < -0.4 is 5.73 Å². The standard InChI is InChI=1S/C25H32N4O/c1-25(2,30)21-10-7-13-29(17-21)16-20-12-11-19(14-22(20)26)23-15-24(28(3)27-23)18-8-5-4-6-9-18/h4-6,8-9,11-12,14-15,21,30H,7,10,13,16-17,26H2,1-3H3/t21-/m0/s1. The second-order valence-corrected chi connectivity index (χ2v) is 9.05. The molecule has 1 atom stereocenters. The Morgan fingerprint density at radius 2 is 1.87 bits per heavy atom. The number of benzene rings is 2. The summed E-state index contributed by atoms with van der Waals surface area (Å²) in [6.07, 6.45) is 2.20. The number of aromatic nitrogens is 2. The molecule has 2 heterocycles. The molecular weight excluding hydrogens is 372 g/mol. The minimum absolute atomic E-state index is 0.302. The van der Waals surface area contributed by atoms with Gasteiger partial charge in [-0.25, -0.2) is 0 Å². The Kier molecular flexibility index (Phi) is 5.67. The lowest BCUT2D eigenvalue weighted by atomic mass is 9.84. The van der Waals surface area contributed by atoms with Gasteiger partial charge in [0.15, 0.2) is 0 Å². The van der Waals surface area contributed by atoms with Gasteiger partial charge in [-0.1, -0.05) is 42.5 Å². The summed E-state index contributed by atoms with van der Waals surface area (Å²) >= 11 is 0. The van der Waals surface area contributed by atoms with Crippen LogP contribution in [0.15, 0.2) is 54.6 Å². The summed E-state index contributed by atoms with van der Waals surface area (Å²) in [5, 5.41) is 15.1. The van der Waals surface area contributed by atoms with Gasteiger partial charge in [0.2, 0.25) is 0 Å². The average molecular weight is 405 g/mol. The van der Waals surface area contributed by atoms with Crippen LogP contribution in [-0.2, 0) is 13.6 Å². The van der Waals surface area contributed by atoms with Crippen molar-refractivity contribution in [2.24, 2.45) is 13.0 Å². The van der Waals surface area contributed by atoms with E-state index in [0.717, 1.165) is 66.2 Å². The van der Waals surface area contributed by atoms with Crippen LogP contribution in [0.2, 0.25) is 0 Å². The van der Waals surface area contributed by atoms with Gasteiger partial charge in [-0.3, -0.25) is 9.58 Å². The molecule has 3 aromatic rings. The summed E-state index contributed by atoms with van der Waals surface area (Å²) in [7, 11) is 1.97. The molecule has 0 saturated carbocycles. The summed E-state index contributed by atoms with van der Waals surface area (Å²) < 4.78 is 1.92. The van der Waals surface area contributed by atoms with Crippen molar-refractivity contribution in [3.63, 3.8) is 0 Å². The highest BCUT2D eigenvalue weighted by Crippen LogP contribution is 2.30. The molecule has 158 valence electrons. The van der Waals surface area contributed by atoms with Crippen molar-refractivity contribution in [3.05, 3.63) is 60.2 Å². The third-order valence-corrected chi connectivity index (χ3v) is 6.29. The summed E-state index contributed by atoms with van der Waals surface area (Å²) in [6.45, 7) is 6.61. The molecule has 1 aliphatic heterocycles. The van der Waals surface area contributed by atoms with E-state index in [9.17, 15) is 5.11 Å². The molecule has 0 spiro atoms. The number of nitrogens with zero attached hydrogens (tertiary/aromatic N) is 3. The van der Waals surface area contributed by atoms with Crippen molar-refractivity contribution in [1.82, 2.24) is 14.7 Å². The monoisotopic (exact) mass is 404 g/mol. The number of nitrogen functional groups attached to an aromatic ring is 1. The van der Waals surface area contributed by atoms with Crippen LogP contribution in [0.25, 0.3) is 22.5 Å². The van der Waals surface area contributed by atoms with Crippen molar-refractivity contribution in [1.29, 1.82) is 0 Å². The fraction of sp³-hybridized carbons (Fsp3) is 0.400. The first-order valence-corrected chi connectivity index (χ1v) is 10.7. The van der Waals surface area contributed by atoms with E-state index in [1.807, 2.05) is 49.8 Å². The van der Waals surface area contributed by atoms with Gasteiger partial charge in [-0.15, -0.1) is 0 Å². The molecule has 1 fully saturated rings. The molecule has 1 saturated heterocycles. The Labute approximate surface area is 179 Å². The second kappa shape index (κ2) is 8.25. The molecule has 0 aliphatic carbocycles. The zero-order valence-electron chi connectivity index (χ0n) is 18.2. The summed E-state index contributed by atoms with van der Waals surface area (Å²) in [5.74, 6) is 0.302. The predicted molar refractivity (Wildman–Crippen MR) is 123 cm³/mol. The van der Waals surface area contributed by atoms with Crippen molar-refractivity contribution in [3.8, 4) is 22.5 Å². The molecule has 3 N–H and O–H groups in total. The topological polar surface area (TPSA) is 67.3 Å². The Morgan fingerprint density at radius 3 is 2.57 bits per heavy atom. The smallest absolute Gasteiger partial charge is 0.0930 e. The molecule has 0 amide bonds. The molecule has 5 nitrogen and oxygen atoms in total. The number of piperidine rings is 1. The van der Waals surface area contributed by atoms with Gasteiger partial charge in [0, 0.05) is 31.4 Å². The fourth-order valence-corrected chi connectivity index (χ4v) is 4.40. The first-order valence-electron chi connectivity index (χ1n) is 10.7. The van der Waals surface area contributed by atoms with Crippen molar-refractivity contribution in [2.75, 3.05) is 18.8 Å². The minimum Gasteiger partial charge on any atom is -0.398 e. The van der Waals surface area contributed by atoms with Crippen LogP contribution in [0, 0.1) is 5.92 Å². The van der Waals surface area contributed by atoms with E-state index in [1.165, 1.54) is 0 Å². The Bertz CT molecular complexity index is 1000. The SMILES string of the molecule is Cn1nc(-c2ccc(CN3CCC[C@H](C(C)(C)O)C3)c(N)c2)cc1-c1ccccc1. The summed E-state index contributed by atoms with van der Waals surface area (Å²) in [6, 6.07) is 18.7. The highest BCUT2D eigenvalue weighted by molar-refractivity contribution is 5.71. The van der Waals surface area contributed by atoms with Crippen molar-refractivity contribution in [2.45, 2.75) is 38.8 Å². The number of aryl methyl sites for hydroxylation is 1. The van der Waals surface area contributed by atoms with Crippen LogP contribution in [-0.4, -0.2) is 38.5 Å². The molecule has 4 rings (SSSR count). The maximum Gasteiger partial charge on any atom is 0.0930 e. The predicted octanol–water partition coefficient (Wildman–Crippen LogP) is 4.32. The average Bonchev–Trinajstić information content (AvgIpc) is 3.11. The molecule has 0 radical (unpaired) electrons. The number of anilines is 1. The summed E-state index contributed by atoms with van der Waals surface area (Å²) in [4.78, 5) is 2.41. The normalized spacial score (nSPS) is 17.9. The zero-order valence-corrected chi connectivity index (χ0v) is 18.2. The molecule has 5 heteroatoms. The molecule has 30 heavy (non-hydrogen) atoms. The number of likely N-dealkylation sites (tertiary alicyclic amines) is 1. The molecular formula is C25H32N4O. The van der Waals surface area contributed by atoms with Crippen molar-refractivity contribution < 1.29 is 5.11 Å². The Hall–Kier alpha value is -2.63. The number of nitrogens with two attached hydrogens (primary N) is 1. The van der Waals surface area contributed by atoms with Gasteiger partial charge in [0.1, 0.15) is 0 Å². The fourth-order valence-electron chi connectivity index (χ4n) is 4.40. The van der Waals surface area contributed by atoms with Crippen LogP contribution >= 0.6 is 0 Å². The van der Waals surface area contributed by atoms with Crippen LogP contribution in [0.5, 0.6) is 0 Å². The third kappa shape index (κ3) is 4.42. The molecule has 2 aromatic carbocycles. The molecule has 1 aliphatic rings.